The van der Waals surface area contributed by atoms with Gasteiger partial charge in [0.1, 0.15) is 0 Å². The molecule has 27 heavy (non-hydrogen) atoms. The van der Waals surface area contributed by atoms with E-state index in [2.05, 4.69) is 15.6 Å². The zero-order valence-corrected chi connectivity index (χ0v) is 15.1. The van der Waals surface area contributed by atoms with Gasteiger partial charge in [-0.2, -0.15) is 0 Å². The average molecular weight is 366 g/mol. The quantitative estimate of drug-likeness (QED) is 0.594. The van der Waals surface area contributed by atoms with Crippen LogP contribution in [0.5, 0.6) is 0 Å². The maximum atomic E-state index is 12.4. The van der Waals surface area contributed by atoms with Gasteiger partial charge in [0.2, 0.25) is 5.91 Å². The van der Waals surface area contributed by atoms with Crippen molar-refractivity contribution in [1.29, 1.82) is 0 Å². The second-order valence-electron chi connectivity index (χ2n) is 6.16. The average Bonchev–Trinajstić information content (AvgIpc) is 2.67. The maximum absolute atomic E-state index is 12.4. The minimum absolute atomic E-state index is 0.117. The van der Waals surface area contributed by atoms with Crippen LogP contribution in [-0.4, -0.2) is 22.0 Å². The van der Waals surface area contributed by atoms with Crippen molar-refractivity contribution in [3.63, 3.8) is 0 Å². The zero-order valence-electron chi connectivity index (χ0n) is 15.1. The minimum atomic E-state index is -0.515. The van der Waals surface area contributed by atoms with Crippen LogP contribution in [0.15, 0.2) is 58.1 Å². The third-order valence-corrected chi connectivity index (χ3v) is 4.32. The molecule has 0 saturated carbocycles. The van der Waals surface area contributed by atoms with Crippen LogP contribution in [0.3, 0.4) is 0 Å². The molecule has 2 aromatic carbocycles. The number of H-pyrrole nitrogens is 1. The number of carbonyl (C=O) groups is 1. The molecule has 0 aliphatic rings. The lowest BCUT2D eigenvalue weighted by atomic mass is 10.1. The van der Waals surface area contributed by atoms with Crippen LogP contribution >= 0.6 is 0 Å². The summed E-state index contributed by atoms with van der Waals surface area (Å²) in [5.41, 5.74) is 1.33. The fraction of sp³-hybridized carbons (Fsp3) is 0.250. The van der Waals surface area contributed by atoms with E-state index in [1.807, 2.05) is 31.2 Å². The molecule has 0 aliphatic carbocycles. The van der Waals surface area contributed by atoms with E-state index in [-0.39, 0.29) is 18.9 Å². The van der Waals surface area contributed by atoms with Crippen LogP contribution in [0, 0.1) is 0 Å². The molecule has 0 unspecified atom stereocenters. The highest BCUT2D eigenvalue weighted by Gasteiger charge is 2.10. The number of amides is 1. The van der Waals surface area contributed by atoms with Crippen molar-refractivity contribution in [3.8, 4) is 0 Å². The highest BCUT2D eigenvalue weighted by atomic mass is 16.2. The number of nitrogens with one attached hydrogen (secondary N) is 3. The van der Waals surface area contributed by atoms with E-state index in [4.69, 9.17) is 0 Å². The number of aromatic amines is 1. The number of aryl methyl sites for hydroxylation is 1. The molecule has 1 aromatic heterocycles. The second-order valence-corrected chi connectivity index (χ2v) is 6.16. The van der Waals surface area contributed by atoms with Crippen molar-refractivity contribution >= 4 is 22.5 Å². The summed E-state index contributed by atoms with van der Waals surface area (Å²) in [6, 6.07) is 14.5. The first-order valence-electron chi connectivity index (χ1n) is 8.90. The Kier molecular flexibility index (Phi) is 5.83. The smallest absolute Gasteiger partial charge is 0.326 e. The number of nitrogens with zero attached hydrogens (tertiary/aromatic N) is 1. The Morgan fingerprint density at radius 1 is 1.07 bits per heavy atom. The first-order chi connectivity index (χ1) is 13.1. The lowest BCUT2D eigenvalue weighted by Gasteiger charge is -2.12. The number of carbonyl (C=O) groups excluding carboxylic acids is 1. The van der Waals surface area contributed by atoms with Gasteiger partial charge >= 0.3 is 5.69 Å². The van der Waals surface area contributed by atoms with E-state index in [0.717, 1.165) is 17.8 Å². The lowest BCUT2D eigenvalue weighted by Crippen LogP contribution is -2.31. The zero-order chi connectivity index (χ0) is 19.2. The Bertz CT molecular complexity index is 1070. The molecule has 0 aliphatic heterocycles. The van der Waals surface area contributed by atoms with E-state index in [0.29, 0.717) is 17.4 Å². The highest BCUT2D eigenvalue weighted by Crippen LogP contribution is 2.15. The normalized spacial score (nSPS) is 10.9. The maximum Gasteiger partial charge on any atom is 0.328 e. The van der Waals surface area contributed by atoms with Gasteiger partial charge in [0.25, 0.3) is 5.56 Å². The van der Waals surface area contributed by atoms with E-state index >= 15 is 0 Å². The van der Waals surface area contributed by atoms with Crippen molar-refractivity contribution in [3.05, 3.63) is 74.9 Å². The van der Waals surface area contributed by atoms with Gasteiger partial charge in [-0.3, -0.25) is 19.1 Å². The van der Waals surface area contributed by atoms with Crippen molar-refractivity contribution < 1.29 is 4.79 Å². The van der Waals surface area contributed by atoms with E-state index in [1.54, 1.807) is 24.3 Å². The van der Waals surface area contributed by atoms with Crippen LogP contribution in [0.1, 0.15) is 18.9 Å². The molecule has 3 N–H and O–H groups in total. The summed E-state index contributed by atoms with van der Waals surface area (Å²) in [5.74, 6) is -0.193. The summed E-state index contributed by atoms with van der Waals surface area (Å²) < 4.78 is 1.42. The number of hydrogen-bond donors (Lipinski definition) is 3. The number of benzene rings is 2. The standard InChI is InChI=1S/C20H22N4O3/c1-2-21-13-14-7-3-5-9-16(14)22-18(25)11-12-24-17-10-6-4-8-15(17)19(26)23-20(24)27/h3-10,21H,2,11-13H2,1H3,(H,22,25)(H,23,26,27). The molecule has 1 heterocycles. The van der Waals surface area contributed by atoms with Gasteiger partial charge in [-0.15, -0.1) is 0 Å². The Labute approximate surface area is 156 Å². The number of rotatable bonds is 7. The Balaban J connectivity index is 1.75. The Morgan fingerprint density at radius 3 is 2.63 bits per heavy atom. The molecular formula is C20H22N4O3. The van der Waals surface area contributed by atoms with Gasteiger partial charge in [-0.1, -0.05) is 37.3 Å². The molecule has 7 nitrogen and oxygen atoms in total. The van der Waals surface area contributed by atoms with E-state index < -0.39 is 11.2 Å². The number of hydrogen-bond acceptors (Lipinski definition) is 4. The molecular weight excluding hydrogens is 344 g/mol. The topological polar surface area (TPSA) is 96.0 Å². The molecule has 0 saturated heterocycles. The predicted octanol–water partition coefficient (Wildman–Crippen LogP) is 1.83. The first-order valence-corrected chi connectivity index (χ1v) is 8.90. The first kappa shape index (κ1) is 18.6. The van der Waals surface area contributed by atoms with Crippen molar-refractivity contribution in [1.82, 2.24) is 14.9 Å². The molecule has 0 atom stereocenters. The predicted molar refractivity (Wildman–Crippen MR) is 106 cm³/mol. The van der Waals surface area contributed by atoms with Crippen molar-refractivity contribution in [2.45, 2.75) is 26.4 Å². The highest BCUT2D eigenvalue weighted by molar-refractivity contribution is 5.91. The van der Waals surface area contributed by atoms with E-state index in [1.165, 1.54) is 4.57 Å². The molecule has 0 fully saturated rings. The fourth-order valence-electron chi connectivity index (χ4n) is 2.95. The van der Waals surface area contributed by atoms with E-state index in [9.17, 15) is 14.4 Å². The summed E-state index contributed by atoms with van der Waals surface area (Å²) in [5, 5.41) is 6.57. The SMILES string of the molecule is CCNCc1ccccc1NC(=O)CCn1c(=O)[nH]c(=O)c2ccccc21. The summed E-state index contributed by atoms with van der Waals surface area (Å²) in [6.07, 6.45) is 0.117. The van der Waals surface area contributed by atoms with Crippen LogP contribution in [-0.2, 0) is 17.9 Å². The summed E-state index contributed by atoms with van der Waals surface area (Å²) >= 11 is 0. The van der Waals surface area contributed by atoms with Crippen LogP contribution < -0.4 is 21.9 Å². The van der Waals surface area contributed by atoms with Gasteiger partial charge < -0.3 is 10.6 Å². The number of aromatic nitrogens is 2. The van der Waals surface area contributed by atoms with Crippen LogP contribution in [0.4, 0.5) is 5.69 Å². The summed E-state index contributed by atoms with van der Waals surface area (Å²) in [4.78, 5) is 38.8. The third kappa shape index (κ3) is 4.32. The van der Waals surface area contributed by atoms with Crippen LogP contribution in [0.2, 0.25) is 0 Å². The van der Waals surface area contributed by atoms with Gasteiger partial charge in [0.15, 0.2) is 0 Å². The number of para-hydroxylation sites is 2. The lowest BCUT2D eigenvalue weighted by molar-refractivity contribution is -0.116. The third-order valence-electron chi connectivity index (χ3n) is 4.32. The van der Waals surface area contributed by atoms with Crippen molar-refractivity contribution in [2.24, 2.45) is 0 Å². The second kappa shape index (κ2) is 8.46. The molecule has 0 spiro atoms. The van der Waals surface area contributed by atoms with Gasteiger partial charge in [0, 0.05) is 25.2 Å². The van der Waals surface area contributed by atoms with Gasteiger partial charge in [-0.25, -0.2) is 4.79 Å². The Hall–Kier alpha value is -3.19. The monoisotopic (exact) mass is 366 g/mol. The Morgan fingerprint density at radius 2 is 1.81 bits per heavy atom. The number of anilines is 1. The molecule has 140 valence electrons. The minimum Gasteiger partial charge on any atom is -0.326 e. The molecule has 7 heteroatoms. The molecule has 1 amide bonds. The molecule has 3 rings (SSSR count). The van der Waals surface area contributed by atoms with Crippen LogP contribution in [0.25, 0.3) is 10.9 Å². The number of fused-ring (bicyclic) bond motifs is 1. The molecule has 0 radical (unpaired) electrons. The fourth-order valence-corrected chi connectivity index (χ4v) is 2.95. The summed E-state index contributed by atoms with van der Waals surface area (Å²) in [6.45, 7) is 3.70. The van der Waals surface area contributed by atoms with Gasteiger partial charge in [0.05, 0.1) is 10.9 Å². The van der Waals surface area contributed by atoms with Gasteiger partial charge in [-0.05, 0) is 30.3 Å². The molecule has 0 bridgehead atoms. The largest absolute Gasteiger partial charge is 0.328 e. The summed E-state index contributed by atoms with van der Waals surface area (Å²) in [7, 11) is 0. The molecule has 3 aromatic rings. The van der Waals surface area contributed by atoms with Crippen molar-refractivity contribution in [2.75, 3.05) is 11.9 Å².